The van der Waals surface area contributed by atoms with Gasteiger partial charge in [0.1, 0.15) is 6.04 Å². The molecule has 2 rings (SSSR count). The molecule has 0 saturated heterocycles. The van der Waals surface area contributed by atoms with Gasteiger partial charge in [0.2, 0.25) is 0 Å². The van der Waals surface area contributed by atoms with Gasteiger partial charge in [-0.05, 0) is 30.4 Å². The van der Waals surface area contributed by atoms with E-state index in [0.29, 0.717) is 5.56 Å². The standard InChI is InChI=1S/C16H21NO3/c1-16(10-6-3-7-11-16)13(15(19)20)17-14(18)12-8-4-2-5-9-12/h2,4-5,8-9,13H,3,6-7,10-11H2,1H3,(H,17,18)(H,19,20)/t13-/m1/s1. The molecule has 0 bridgehead atoms. The van der Waals surface area contributed by atoms with E-state index in [4.69, 9.17) is 0 Å². The molecule has 2 N–H and O–H groups in total. The highest BCUT2D eigenvalue weighted by atomic mass is 16.4. The summed E-state index contributed by atoms with van der Waals surface area (Å²) in [4.78, 5) is 23.7. The van der Waals surface area contributed by atoms with Crippen LogP contribution in [0.1, 0.15) is 49.4 Å². The minimum absolute atomic E-state index is 0.315. The molecule has 1 fully saturated rings. The zero-order valence-corrected chi connectivity index (χ0v) is 11.8. The average molecular weight is 275 g/mol. The third-order valence-electron chi connectivity index (χ3n) is 4.25. The first-order valence-corrected chi connectivity index (χ1v) is 7.12. The summed E-state index contributed by atoms with van der Waals surface area (Å²) in [7, 11) is 0. The quantitative estimate of drug-likeness (QED) is 0.888. The zero-order valence-electron chi connectivity index (χ0n) is 11.8. The lowest BCUT2D eigenvalue weighted by atomic mass is 9.70. The van der Waals surface area contributed by atoms with Crippen LogP contribution in [0.25, 0.3) is 0 Å². The van der Waals surface area contributed by atoms with Crippen LogP contribution in [0, 0.1) is 5.41 Å². The number of carboxylic acid groups (broad SMARTS) is 1. The van der Waals surface area contributed by atoms with E-state index in [9.17, 15) is 14.7 Å². The second-order valence-electron chi connectivity index (χ2n) is 5.83. The first-order valence-electron chi connectivity index (χ1n) is 7.12. The summed E-state index contributed by atoms with van der Waals surface area (Å²) in [5, 5.41) is 12.2. The largest absolute Gasteiger partial charge is 0.480 e. The molecule has 4 nitrogen and oxygen atoms in total. The van der Waals surface area contributed by atoms with E-state index in [2.05, 4.69) is 5.32 Å². The minimum atomic E-state index is -0.946. The number of hydrogen-bond donors (Lipinski definition) is 2. The van der Waals surface area contributed by atoms with Gasteiger partial charge < -0.3 is 10.4 Å². The predicted molar refractivity (Wildman–Crippen MR) is 76.5 cm³/mol. The van der Waals surface area contributed by atoms with Crippen LogP contribution in [-0.2, 0) is 4.79 Å². The Hall–Kier alpha value is -1.84. The fourth-order valence-electron chi connectivity index (χ4n) is 2.99. The van der Waals surface area contributed by atoms with Crippen molar-refractivity contribution in [2.75, 3.05) is 0 Å². The Bertz CT molecular complexity index is 478. The molecule has 0 aliphatic heterocycles. The van der Waals surface area contributed by atoms with E-state index in [1.165, 1.54) is 0 Å². The molecule has 0 spiro atoms. The molecule has 1 aliphatic carbocycles. The van der Waals surface area contributed by atoms with Crippen molar-refractivity contribution in [1.29, 1.82) is 0 Å². The first kappa shape index (κ1) is 14.6. The van der Waals surface area contributed by atoms with Crippen molar-refractivity contribution in [1.82, 2.24) is 5.32 Å². The SMILES string of the molecule is CC1([C@H](NC(=O)c2ccccc2)C(=O)O)CCCCC1. The normalized spacial score (nSPS) is 19.1. The number of amides is 1. The fourth-order valence-corrected chi connectivity index (χ4v) is 2.99. The van der Waals surface area contributed by atoms with Crippen LogP contribution < -0.4 is 5.32 Å². The molecule has 0 aromatic heterocycles. The Balaban J connectivity index is 2.14. The second-order valence-corrected chi connectivity index (χ2v) is 5.83. The molecule has 0 heterocycles. The summed E-state index contributed by atoms with van der Waals surface area (Å²) in [6.45, 7) is 1.97. The van der Waals surface area contributed by atoms with Crippen LogP contribution in [0.3, 0.4) is 0 Å². The molecule has 0 radical (unpaired) electrons. The number of benzene rings is 1. The Morgan fingerprint density at radius 1 is 1.15 bits per heavy atom. The van der Waals surface area contributed by atoms with Crippen molar-refractivity contribution in [2.45, 2.75) is 45.1 Å². The number of hydrogen-bond acceptors (Lipinski definition) is 2. The molecule has 1 aromatic rings. The highest BCUT2D eigenvalue weighted by Crippen LogP contribution is 2.39. The lowest BCUT2D eigenvalue weighted by Gasteiger charge is -2.38. The van der Waals surface area contributed by atoms with Gasteiger partial charge in [0, 0.05) is 5.56 Å². The van der Waals surface area contributed by atoms with E-state index >= 15 is 0 Å². The average Bonchev–Trinajstić information content (AvgIpc) is 2.45. The number of rotatable bonds is 4. The van der Waals surface area contributed by atoms with Crippen LogP contribution in [0.2, 0.25) is 0 Å². The Kier molecular flexibility index (Phi) is 4.42. The van der Waals surface area contributed by atoms with Crippen molar-refractivity contribution < 1.29 is 14.7 Å². The van der Waals surface area contributed by atoms with E-state index < -0.39 is 12.0 Å². The maximum atomic E-state index is 12.2. The van der Waals surface area contributed by atoms with Gasteiger partial charge in [-0.3, -0.25) is 4.79 Å². The van der Waals surface area contributed by atoms with Crippen molar-refractivity contribution in [2.24, 2.45) is 5.41 Å². The van der Waals surface area contributed by atoms with E-state index in [1.807, 2.05) is 13.0 Å². The van der Waals surface area contributed by atoms with Gasteiger partial charge in [-0.1, -0.05) is 44.4 Å². The highest BCUT2D eigenvalue weighted by molar-refractivity contribution is 5.96. The van der Waals surface area contributed by atoms with Crippen LogP contribution >= 0.6 is 0 Å². The molecule has 4 heteroatoms. The number of nitrogens with one attached hydrogen (secondary N) is 1. The van der Waals surface area contributed by atoms with Crippen molar-refractivity contribution in [3.05, 3.63) is 35.9 Å². The smallest absolute Gasteiger partial charge is 0.326 e. The van der Waals surface area contributed by atoms with Gasteiger partial charge in [0.15, 0.2) is 0 Å². The summed E-state index contributed by atoms with van der Waals surface area (Å²) in [5.41, 5.74) is 0.146. The van der Waals surface area contributed by atoms with Gasteiger partial charge in [0.25, 0.3) is 5.91 Å². The zero-order chi connectivity index (χ0) is 14.6. The molecule has 1 amide bonds. The van der Waals surface area contributed by atoms with Crippen molar-refractivity contribution >= 4 is 11.9 Å². The molecule has 1 saturated carbocycles. The summed E-state index contributed by atoms with van der Waals surface area (Å²) in [6, 6.07) is 7.93. The van der Waals surface area contributed by atoms with Crippen LogP contribution in [-0.4, -0.2) is 23.0 Å². The third-order valence-corrected chi connectivity index (χ3v) is 4.25. The molecule has 20 heavy (non-hydrogen) atoms. The summed E-state index contributed by atoms with van der Waals surface area (Å²) >= 11 is 0. The fraction of sp³-hybridized carbons (Fsp3) is 0.500. The molecule has 1 atom stereocenters. The van der Waals surface area contributed by atoms with Gasteiger partial charge in [-0.15, -0.1) is 0 Å². The lowest BCUT2D eigenvalue weighted by Crippen LogP contribution is -2.52. The number of carbonyl (C=O) groups excluding carboxylic acids is 1. The van der Waals surface area contributed by atoms with Gasteiger partial charge >= 0.3 is 5.97 Å². The minimum Gasteiger partial charge on any atom is -0.480 e. The predicted octanol–water partition coefficient (Wildman–Crippen LogP) is 2.84. The summed E-state index contributed by atoms with van der Waals surface area (Å²) in [5.74, 6) is -1.26. The first-order chi connectivity index (χ1) is 9.53. The maximum absolute atomic E-state index is 12.2. The highest BCUT2D eigenvalue weighted by Gasteiger charge is 2.41. The van der Waals surface area contributed by atoms with E-state index in [1.54, 1.807) is 24.3 Å². The van der Waals surface area contributed by atoms with E-state index in [-0.39, 0.29) is 11.3 Å². The van der Waals surface area contributed by atoms with Gasteiger partial charge in [-0.2, -0.15) is 0 Å². The molecule has 108 valence electrons. The molecule has 0 unspecified atom stereocenters. The number of aliphatic carboxylic acids is 1. The molecule has 1 aromatic carbocycles. The topological polar surface area (TPSA) is 66.4 Å². The maximum Gasteiger partial charge on any atom is 0.326 e. The Morgan fingerprint density at radius 2 is 1.75 bits per heavy atom. The van der Waals surface area contributed by atoms with Crippen LogP contribution in [0.5, 0.6) is 0 Å². The van der Waals surface area contributed by atoms with E-state index in [0.717, 1.165) is 32.1 Å². The monoisotopic (exact) mass is 275 g/mol. The Labute approximate surface area is 119 Å². The molecular formula is C16H21NO3. The van der Waals surface area contributed by atoms with Crippen molar-refractivity contribution in [3.8, 4) is 0 Å². The summed E-state index contributed by atoms with van der Waals surface area (Å²) in [6.07, 6.45) is 4.90. The van der Waals surface area contributed by atoms with Gasteiger partial charge in [-0.25, -0.2) is 4.79 Å². The molecule has 1 aliphatic rings. The van der Waals surface area contributed by atoms with Crippen molar-refractivity contribution in [3.63, 3.8) is 0 Å². The number of carboxylic acids is 1. The van der Waals surface area contributed by atoms with Crippen LogP contribution in [0.4, 0.5) is 0 Å². The third kappa shape index (κ3) is 3.18. The Morgan fingerprint density at radius 3 is 2.30 bits per heavy atom. The number of carbonyl (C=O) groups is 2. The molecular weight excluding hydrogens is 254 g/mol. The van der Waals surface area contributed by atoms with Gasteiger partial charge in [0.05, 0.1) is 0 Å². The second kappa shape index (κ2) is 6.07. The van der Waals surface area contributed by atoms with Crippen LogP contribution in [0.15, 0.2) is 30.3 Å². The lowest BCUT2D eigenvalue weighted by molar-refractivity contribution is -0.143. The summed E-state index contributed by atoms with van der Waals surface area (Å²) < 4.78 is 0.